The Bertz CT molecular complexity index is 1350. The number of fused-ring (bicyclic) bond motifs is 1. The second-order valence-corrected chi connectivity index (χ2v) is 9.05. The Hall–Kier alpha value is -3.96. The Morgan fingerprint density at radius 2 is 1.89 bits per heavy atom. The van der Waals surface area contributed by atoms with Crippen LogP contribution in [0.2, 0.25) is 0 Å². The van der Waals surface area contributed by atoms with Crippen LogP contribution >= 0.6 is 0 Å². The van der Waals surface area contributed by atoms with E-state index in [0.29, 0.717) is 34.8 Å². The number of amides is 3. The number of anilines is 1. The maximum Gasteiger partial charge on any atom is 0.329 e. The van der Waals surface area contributed by atoms with Crippen LogP contribution in [0.3, 0.4) is 0 Å². The highest BCUT2D eigenvalue weighted by Gasteiger charge is 2.36. The summed E-state index contributed by atoms with van der Waals surface area (Å²) >= 11 is 0. The fourth-order valence-electron chi connectivity index (χ4n) is 4.46. The number of hydrogen-bond donors (Lipinski definition) is 1. The van der Waals surface area contributed by atoms with Gasteiger partial charge < -0.3 is 24.3 Å². The maximum absolute atomic E-state index is 15.0. The average molecular weight is 525 g/mol. The number of morpholine rings is 1. The van der Waals surface area contributed by atoms with E-state index in [1.165, 1.54) is 12.1 Å². The zero-order chi connectivity index (χ0) is 26.6. The third-order valence-corrected chi connectivity index (χ3v) is 6.49. The van der Waals surface area contributed by atoms with E-state index in [1.54, 1.807) is 38.4 Å². The van der Waals surface area contributed by atoms with Gasteiger partial charge in [0.05, 0.1) is 38.1 Å². The fraction of sp³-hybridized carbons (Fsp3) is 0.370. The molecule has 2 aliphatic heterocycles. The molecule has 0 bridgehead atoms. The van der Waals surface area contributed by atoms with Crippen LogP contribution in [0.5, 0.6) is 23.0 Å². The van der Waals surface area contributed by atoms with Crippen molar-refractivity contribution in [3.05, 3.63) is 48.4 Å². The molecular formula is C27H29FN4O6. The molecule has 11 heteroatoms. The molecule has 10 nitrogen and oxygen atoms in total. The van der Waals surface area contributed by atoms with Gasteiger partial charge in [-0.05, 0) is 37.6 Å². The number of pyridine rings is 1. The van der Waals surface area contributed by atoms with Crippen molar-refractivity contribution in [3.8, 4) is 23.0 Å². The molecule has 5 rings (SSSR count). The lowest BCUT2D eigenvalue weighted by molar-refractivity contribution is -0.117. The number of hydrogen-bond acceptors (Lipinski definition) is 8. The minimum Gasteiger partial charge on any atom is -0.493 e. The van der Waals surface area contributed by atoms with E-state index in [0.717, 1.165) is 50.2 Å². The predicted molar refractivity (Wildman–Crippen MR) is 138 cm³/mol. The third-order valence-electron chi connectivity index (χ3n) is 6.49. The van der Waals surface area contributed by atoms with Crippen LogP contribution in [0.4, 0.5) is 14.9 Å². The molecule has 0 aliphatic carbocycles. The van der Waals surface area contributed by atoms with Crippen molar-refractivity contribution in [1.82, 2.24) is 15.2 Å². The number of ether oxygens (including phenoxy) is 4. The lowest BCUT2D eigenvalue weighted by atomic mass is 10.1. The molecule has 38 heavy (non-hydrogen) atoms. The van der Waals surface area contributed by atoms with E-state index in [2.05, 4.69) is 15.2 Å². The number of rotatable bonds is 9. The summed E-state index contributed by atoms with van der Waals surface area (Å²) in [6.45, 7) is 6.40. The average Bonchev–Trinajstić information content (AvgIpc) is 3.18. The molecule has 1 atom stereocenters. The first kappa shape index (κ1) is 25.7. The van der Waals surface area contributed by atoms with Crippen molar-refractivity contribution in [2.75, 3.05) is 51.5 Å². The first-order valence-corrected chi connectivity index (χ1v) is 12.5. The van der Waals surface area contributed by atoms with Gasteiger partial charge in [0.2, 0.25) is 0 Å². The minimum absolute atomic E-state index is 0.0660. The van der Waals surface area contributed by atoms with Crippen LogP contribution < -0.4 is 24.4 Å². The van der Waals surface area contributed by atoms with Gasteiger partial charge in [-0.2, -0.15) is 0 Å². The van der Waals surface area contributed by atoms with Crippen molar-refractivity contribution in [3.63, 3.8) is 0 Å². The van der Waals surface area contributed by atoms with Gasteiger partial charge >= 0.3 is 6.03 Å². The molecule has 0 spiro atoms. The van der Waals surface area contributed by atoms with E-state index in [4.69, 9.17) is 18.9 Å². The topological polar surface area (TPSA) is 102 Å². The third kappa shape index (κ3) is 5.34. The van der Waals surface area contributed by atoms with E-state index in [1.807, 2.05) is 0 Å². The number of urea groups is 1. The summed E-state index contributed by atoms with van der Waals surface area (Å²) in [5, 5.41) is 3.11. The van der Waals surface area contributed by atoms with Crippen molar-refractivity contribution in [1.29, 1.82) is 0 Å². The fourth-order valence-corrected chi connectivity index (χ4v) is 4.46. The molecule has 2 aromatic carbocycles. The largest absolute Gasteiger partial charge is 0.493 e. The van der Waals surface area contributed by atoms with E-state index < -0.39 is 23.8 Å². The summed E-state index contributed by atoms with van der Waals surface area (Å²) < 4.78 is 37.8. The molecule has 2 aliphatic rings. The maximum atomic E-state index is 15.0. The van der Waals surface area contributed by atoms with Crippen LogP contribution in [-0.4, -0.2) is 74.4 Å². The Labute approximate surface area is 219 Å². The second-order valence-electron chi connectivity index (χ2n) is 9.05. The normalized spacial score (nSPS) is 18.1. The summed E-state index contributed by atoms with van der Waals surface area (Å²) in [7, 11) is 1.55. The van der Waals surface area contributed by atoms with E-state index in [9.17, 15) is 14.0 Å². The van der Waals surface area contributed by atoms with Crippen molar-refractivity contribution in [2.24, 2.45) is 0 Å². The van der Waals surface area contributed by atoms with Gasteiger partial charge in [-0.1, -0.05) is 0 Å². The lowest BCUT2D eigenvalue weighted by Gasteiger charge is -2.26. The Balaban J connectivity index is 1.31. The Morgan fingerprint density at radius 1 is 1.08 bits per heavy atom. The highest BCUT2D eigenvalue weighted by atomic mass is 19.1. The molecule has 3 heterocycles. The van der Waals surface area contributed by atoms with Crippen LogP contribution in [0.15, 0.2) is 42.6 Å². The summed E-state index contributed by atoms with van der Waals surface area (Å²) in [4.78, 5) is 32.0. The first-order chi connectivity index (χ1) is 18.4. The standard InChI is InChI=1S/C27H29FN4O6/c1-17-26(33)32(27(34)30-17)18-4-5-23(20(28)14-18)38-22-6-7-29-21-16-25(24(35-2)15-19(21)22)37-11-3-8-31-9-12-36-13-10-31/h4-7,14-17H,3,8-13H2,1-2H3,(H,30,34)/t17-/m1/s1. The number of aromatic nitrogens is 1. The van der Waals surface area contributed by atoms with Gasteiger partial charge in [-0.15, -0.1) is 0 Å². The molecule has 0 unspecified atom stereocenters. The van der Waals surface area contributed by atoms with Crippen LogP contribution in [0, 0.1) is 5.82 Å². The molecule has 200 valence electrons. The van der Waals surface area contributed by atoms with E-state index >= 15 is 0 Å². The number of nitrogens with one attached hydrogen (secondary N) is 1. The van der Waals surface area contributed by atoms with Crippen LogP contribution in [0.1, 0.15) is 13.3 Å². The van der Waals surface area contributed by atoms with E-state index in [-0.39, 0.29) is 11.4 Å². The van der Waals surface area contributed by atoms with Gasteiger partial charge in [0.1, 0.15) is 11.8 Å². The van der Waals surface area contributed by atoms with Gasteiger partial charge in [0, 0.05) is 43.4 Å². The number of carbonyl (C=O) groups is 2. The number of nitrogens with zero attached hydrogens (tertiary/aromatic N) is 3. The molecule has 3 amide bonds. The number of halogens is 1. The second kappa shape index (κ2) is 11.2. The molecule has 0 radical (unpaired) electrons. The molecule has 1 N–H and O–H groups in total. The molecule has 2 saturated heterocycles. The summed E-state index contributed by atoms with van der Waals surface area (Å²) in [5.74, 6) is 0.190. The van der Waals surface area contributed by atoms with Crippen molar-refractivity contribution in [2.45, 2.75) is 19.4 Å². The first-order valence-electron chi connectivity index (χ1n) is 12.5. The lowest BCUT2D eigenvalue weighted by Crippen LogP contribution is -2.37. The minimum atomic E-state index is -0.722. The quantitative estimate of drug-likeness (QED) is 0.334. The van der Waals surface area contributed by atoms with Crippen LogP contribution in [0.25, 0.3) is 10.9 Å². The number of methoxy groups -OCH3 is 1. The Kier molecular flexibility index (Phi) is 7.57. The molecule has 1 aromatic heterocycles. The van der Waals surface area contributed by atoms with Crippen LogP contribution in [-0.2, 0) is 9.53 Å². The zero-order valence-corrected chi connectivity index (χ0v) is 21.2. The van der Waals surface area contributed by atoms with Gasteiger partial charge in [0.15, 0.2) is 23.1 Å². The zero-order valence-electron chi connectivity index (χ0n) is 21.2. The molecular weight excluding hydrogens is 495 g/mol. The smallest absolute Gasteiger partial charge is 0.329 e. The summed E-state index contributed by atoms with van der Waals surface area (Å²) in [5.41, 5.74) is 0.718. The molecule has 2 fully saturated rings. The molecule has 0 saturated carbocycles. The summed E-state index contributed by atoms with van der Waals surface area (Å²) in [6, 6.07) is 7.81. The monoisotopic (exact) mass is 524 g/mol. The predicted octanol–water partition coefficient (Wildman–Crippen LogP) is 3.72. The summed E-state index contributed by atoms with van der Waals surface area (Å²) in [6.07, 6.45) is 2.42. The van der Waals surface area contributed by atoms with Crippen molar-refractivity contribution < 1.29 is 32.9 Å². The van der Waals surface area contributed by atoms with Gasteiger partial charge in [0.25, 0.3) is 5.91 Å². The van der Waals surface area contributed by atoms with Gasteiger partial charge in [-0.25, -0.2) is 14.1 Å². The number of benzene rings is 2. The SMILES string of the molecule is COc1cc2c(Oc3ccc(N4C(=O)N[C@H](C)C4=O)cc3F)ccnc2cc1OCCCN1CCOCC1. The number of imide groups is 1. The van der Waals surface area contributed by atoms with Crippen molar-refractivity contribution >= 4 is 28.5 Å². The highest BCUT2D eigenvalue weighted by Crippen LogP contribution is 2.38. The molecule has 3 aromatic rings. The number of carbonyl (C=O) groups excluding carboxylic acids is 2. The Morgan fingerprint density at radius 3 is 2.61 bits per heavy atom. The van der Waals surface area contributed by atoms with Gasteiger partial charge in [-0.3, -0.25) is 14.7 Å². The highest BCUT2D eigenvalue weighted by molar-refractivity contribution is 6.21.